The number of aliphatic hydroxyl groups excluding tert-OH is 1. The van der Waals surface area contributed by atoms with Gasteiger partial charge >= 0.3 is 18.3 Å². The van der Waals surface area contributed by atoms with Crippen LogP contribution in [0.3, 0.4) is 0 Å². The predicted molar refractivity (Wildman–Crippen MR) is 169 cm³/mol. The number of anilines is 1. The number of ether oxygens (including phenoxy) is 1. The zero-order valence-electron chi connectivity index (χ0n) is 27.6. The Kier molecular flexibility index (Phi) is 11.5. The molecule has 3 aromatic rings. The van der Waals surface area contributed by atoms with Gasteiger partial charge in [-0.25, -0.2) is 4.39 Å². The first-order valence-corrected chi connectivity index (χ1v) is 16.0. The maximum Gasteiger partial charge on any atom is 0.416 e. The topological polar surface area (TPSA) is 88.5 Å². The largest absolute Gasteiger partial charge is 0.466 e. The van der Waals surface area contributed by atoms with Crippen molar-refractivity contribution in [1.29, 1.82) is 0 Å². The summed E-state index contributed by atoms with van der Waals surface area (Å²) >= 11 is 0. The number of pyridine rings is 1. The lowest BCUT2D eigenvalue weighted by Gasteiger charge is -2.29. The number of aliphatic hydroxyl groups is 1. The van der Waals surface area contributed by atoms with Crippen molar-refractivity contribution in [3.63, 3.8) is 0 Å². The van der Waals surface area contributed by atoms with E-state index in [9.17, 15) is 45.4 Å². The number of nitrogens with one attached hydrogen (secondary N) is 1. The van der Waals surface area contributed by atoms with E-state index in [1.54, 1.807) is 26.0 Å². The first-order valence-electron chi connectivity index (χ1n) is 16.0. The van der Waals surface area contributed by atoms with E-state index >= 15 is 0 Å². The van der Waals surface area contributed by atoms with E-state index in [1.807, 2.05) is 0 Å². The Morgan fingerprint density at radius 1 is 0.898 bits per heavy atom. The summed E-state index contributed by atoms with van der Waals surface area (Å²) < 4.78 is 101. The van der Waals surface area contributed by atoms with Crippen LogP contribution in [0.25, 0.3) is 11.1 Å². The zero-order chi connectivity index (χ0) is 36.3. The van der Waals surface area contributed by atoms with Gasteiger partial charge in [0, 0.05) is 23.6 Å². The molecule has 266 valence electrons. The Labute approximate surface area is 280 Å². The van der Waals surface area contributed by atoms with Crippen molar-refractivity contribution >= 4 is 17.4 Å². The van der Waals surface area contributed by atoms with Crippen molar-refractivity contribution in [3.05, 3.63) is 81.9 Å². The number of aromatic nitrogens is 1. The summed E-state index contributed by atoms with van der Waals surface area (Å²) in [7, 11) is 0. The normalized spacial score (nSPS) is 17.1. The lowest BCUT2D eigenvalue weighted by Crippen LogP contribution is -2.35. The molecule has 0 radical (unpaired) electrons. The molecule has 0 atom stereocenters. The van der Waals surface area contributed by atoms with E-state index in [4.69, 9.17) is 9.72 Å². The highest BCUT2D eigenvalue weighted by atomic mass is 19.4. The molecule has 1 heterocycles. The van der Waals surface area contributed by atoms with Gasteiger partial charge in [-0.15, -0.1) is 0 Å². The molecule has 0 saturated heterocycles. The zero-order valence-corrected chi connectivity index (χ0v) is 27.6. The van der Waals surface area contributed by atoms with Gasteiger partial charge in [0.1, 0.15) is 5.82 Å². The fourth-order valence-corrected chi connectivity index (χ4v) is 6.27. The lowest BCUT2D eigenvalue weighted by atomic mass is 9.78. The molecule has 1 fully saturated rings. The molecule has 1 aromatic heterocycles. The number of nitrogens with zero attached hydrogens (tertiary/aromatic N) is 1. The van der Waals surface area contributed by atoms with Crippen LogP contribution in [0, 0.1) is 18.7 Å². The van der Waals surface area contributed by atoms with Crippen LogP contribution >= 0.6 is 0 Å². The van der Waals surface area contributed by atoms with Crippen molar-refractivity contribution in [2.45, 2.75) is 90.1 Å². The number of Topliss-reactive ketones (excluding diaryl/α,β-unsaturated/α-hetero) is 1. The van der Waals surface area contributed by atoms with Gasteiger partial charge in [0.25, 0.3) is 0 Å². The van der Waals surface area contributed by atoms with Gasteiger partial charge in [-0.1, -0.05) is 6.07 Å². The molecule has 1 aliphatic carbocycles. The Morgan fingerprint density at radius 2 is 1.49 bits per heavy atom. The number of carbonyl (C=O) groups excluding carboxylic acids is 2. The number of rotatable bonds is 11. The first-order chi connectivity index (χ1) is 22.8. The third-order valence-corrected chi connectivity index (χ3v) is 9.20. The molecule has 0 amide bonds. The number of aryl methyl sites for hydroxylation is 1. The van der Waals surface area contributed by atoms with E-state index in [1.165, 1.54) is 26.0 Å². The number of carbonyl (C=O) groups is 2. The van der Waals surface area contributed by atoms with Gasteiger partial charge in [-0.2, -0.15) is 26.3 Å². The first kappa shape index (κ1) is 37.8. The number of halogens is 7. The fourth-order valence-electron chi connectivity index (χ4n) is 6.27. The maximum atomic E-state index is 14.1. The number of benzene rings is 2. The molecule has 6 nitrogen and oxygen atoms in total. The molecule has 0 unspecified atom stereocenters. The van der Waals surface area contributed by atoms with Gasteiger partial charge in [0.15, 0.2) is 5.78 Å². The summed E-state index contributed by atoms with van der Waals surface area (Å²) in [6.45, 7) is 5.11. The van der Waals surface area contributed by atoms with Crippen molar-refractivity contribution in [3.8, 4) is 11.1 Å². The summed E-state index contributed by atoms with van der Waals surface area (Å²) in [4.78, 5) is 30.3. The van der Waals surface area contributed by atoms with Crippen LogP contribution in [0.5, 0.6) is 0 Å². The minimum Gasteiger partial charge on any atom is -0.466 e. The molecule has 1 saturated carbocycles. The van der Waals surface area contributed by atoms with Gasteiger partial charge in [0.2, 0.25) is 0 Å². The molecule has 0 bridgehead atoms. The second-order valence-corrected chi connectivity index (χ2v) is 13.0. The van der Waals surface area contributed by atoms with E-state index in [0.717, 1.165) is 12.8 Å². The van der Waals surface area contributed by atoms with Crippen LogP contribution in [0.1, 0.15) is 92.4 Å². The van der Waals surface area contributed by atoms with Crippen molar-refractivity contribution in [1.82, 2.24) is 4.98 Å². The molecule has 2 aromatic carbocycles. The Morgan fingerprint density at radius 3 is 2.02 bits per heavy atom. The summed E-state index contributed by atoms with van der Waals surface area (Å²) in [5, 5.41) is 13.4. The van der Waals surface area contributed by atoms with Crippen LogP contribution in [-0.2, 0) is 38.7 Å². The summed E-state index contributed by atoms with van der Waals surface area (Å²) in [6, 6.07) is 6.99. The predicted octanol–water partition coefficient (Wildman–Crippen LogP) is 8.91. The second kappa shape index (κ2) is 14.9. The number of hydrogen-bond donors (Lipinski definition) is 2. The molecule has 2 N–H and O–H groups in total. The second-order valence-electron chi connectivity index (χ2n) is 13.0. The van der Waals surface area contributed by atoms with Gasteiger partial charge in [0.05, 0.1) is 47.7 Å². The van der Waals surface area contributed by atoms with Crippen LogP contribution in [0.4, 0.5) is 36.4 Å². The van der Waals surface area contributed by atoms with Crippen LogP contribution in [0.15, 0.2) is 42.5 Å². The fraction of sp³-hybridized carbons (Fsp3) is 0.472. The van der Waals surface area contributed by atoms with Crippen molar-refractivity contribution in [2.75, 3.05) is 18.5 Å². The maximum absolute atomic E-state index is 14.1. The van der Waals surface area contributed by atoms with Crippen LogP contribution < -0.4 is 5.32 Å². The monoisotopic (exact) mass is 696 g/mol. The van der Waals surface area contributed by atoms with E-state index in [2.05, 4.69) is 5.32 Å². The number of hydrogen-bond acceptors (Lipinski definition) is 6. The average molecular weight is 697 g/mol. The van der Waals surface area contributed by atoms with E-state index in [0.29, 0.717) is 60.4 Å². The van der Waals surface area contributed by atoms with E-state index in [-0.39, 0.29) is 35.3 Å². The molecule has 0 spiro atoms. The van der Waals surface area contributed by atoms with Crippen LogP contribution in [-0.4, -0.2) is 35.0 Å². The van der Waals surface area contributed by atoms with Crippen molar-refractivity contribution in [2.24, 2.45) is 5.92 Å². The molecule has 49 heavy (non-hydrogen) atoms. The third kappa shape index (κ3) is 8.97. The SMILES string of the molecule is CCOC(=O)CC1CCC(c2cc(-c3ccc(F)cc3C)c(NCC(=O)C(C)(C)c3cc(C(F)(F)F)cc(C(F)(F)F)c3)c(CO)n2)CC1. The number of alkyl halides is 6. The van der Waals surface area contributed by atoms with Gasteiger partial charge in [-0.05, 0) is 112 Å². The highest BCUT2D eigenvalue weighted by Gasteiger charge is 2.40. The van der Waals surface area contributed by atoms with Gasteiger partial charge in [-0.3, -0.25) is 14.6 Å². The Bertz CT molecular complexity index is 1640. The number of esters is 1. The quantitative estimate of drug-likeness (QED) is 0.154. The summed E-state index contributed by atoms with van der Waals surface area (Å²) in [5.74, 6) is -1.33. The molecule has 1 aliphatic rings. The summed E-state index contributed by atoms with van der Waals surface area (Å²) in [6.07, 6.45) is -6.93. The van der Waals surface area contributed by atoms with Gasteiger partial charge < -0.3 is 15.2 Å². The Hall–Kier alpha value is -4.00. The molecular formula is C36H39F7N2O4. The molecule has 4 rings (SSSR count). The third-order valence-electron chi connectivity index (χ3n) is 9.20. The van der Waals surface area contributed by atoms with Crippen molar-refractivity contribution < 1.29 is 50.2 Å². The molecular weight excluding hydrogens is 657 g/mol. The van der Waals surface area contributed by atoms with E-state index < -0.39 is 59.2 Å². The average Bonchev–Trinajstić information content (AvgIpc) is 3.02. The smallest absolute Gasteiger partial charge is 0.416 e. The van der Waals surface area contributed by atoms with Crippen LogP contribution in [0.2, 0.25) is 0 Å². The summed E-state index contributed by atoms with van der Waals surface area (Å²) in [5.41, 5.74) is -2.69. The molecule has 0 aliphatic heterocycles. The minimum absolute atomic E-state index is 0.00717. The minimum atomic E-state index is -5.08. The lowest BCUT2D eigenvalue weighted by molar-refractivity contribution is -0.145. The highest BCUT2D eigenvalue weighted by molar-refractivity contribution is 5.94. The Balaban J connectivity index is 1.68. The standard InChI is InChI=1S/C36H39F7N2O4/c1-5-49-32(48)13-21-6-8-22(9-7-21)29-17-28(27-11-10-26(37)12-20(27)2)33(30(19-46)45-29)44-18-31(47)34(3,4)23-14-24(35(38,39)40)16-25(15-23)36(41,42)43/h10-12,14-17,21-22,44,46H,5-9,13,18-19H2,1-4H3. The number of ketones is 1. The highest BCUT2D eigenvalue weighted by Crippen LogP contribution is 2.42. The molecule has 13 heteroatoms.